The van der Waals surface area contributed by atoms with E-state index in [1.54, 1.807) is 28.5 Å². The minimum Gasteiger partial charge on any atom is -0.342 e. The number of carbonyl (C=O) groups is 3. The minimum absolute atomic E-state index is 0.127. The number of benzene rings is 1. The van der Waals surface area contributed by atoms with Gasteiger partial charge in [-0.1, -0.05) is 12.1 Å². The monoisotopic (exact) mass is 485 g/mol. The predicted molar refractivity (Wildman–Crippen MR) is 129 cm³/mol. The Morgan fingerprint density at radius 1 is 1.06 bits per heavy atom. The largest absolute Gasteiger partial charge is 0.342 e. The fourth-order valence-electron chi connectivity index (χ4n) is 4.14. The van der Waals surface area contributed by atoms with Crippen molar-refractivity contribution < 1.29 is 18.8 Å². The molecule has 1 aromatic carbocycles. The molecule has 0 radical (unpaired) electrons. The van der Waals surface area contributed by atoms with E-state index in [9.17, 15) is 18.8 Å². The second-order valence-electron chi connectivity index (χ2n) is 8.38. The molecule has 0 atom stereocenters. The maximum atomic E-state index is 14.2. The number of hydrogen-bond acceptors (Lipinski definition) is 6. The molecule has 2 aliphatic rings. The number of amides is 3. The molecule has 0 spiro atoms. The van der Waals surface area contributed by atoms with Gasteiger partial charge in [-0.15, -0.1) is 11.3 Å². The average Bonchev–Trinajstić information content (AvgIpc) is 3.52. The van der Waals surface area contributed by atoms with Gasteiger partial charge in [0, 0.05) is 57.6 Å². The van der Waals surface area contributed by atoms with E-state index in [4.69, 9.17) is 0 Å². The molecule has 0 N–H and O–H groups in total. The Bertz CT molecular complexity index is 1070. The lowest BCUT2D eigenvalue weighted by Crippen LogP contribution is -2.51. The second-order valence-corrected chi connectivity index (χ2v) is 9.22. The molecule has 180 valence electrons. The highest BCUT2D eigenvalue weighted by atomic mass is 32.1. The van der Waals surface area contributed by atoms with E-state index >= 15 is 0 Å². The van der Waals surface area contributed by atoms with E-state index in [2.05, 4.69) is 9.88 Å². The van der Waals surface area contributed by atoms with Crippen molar-refractivity contribution in [2.45, 2.75) is 19.8 Å². The number of aromatic nitrogens is 1. The van der Waals surface area contributed by atoms with Crippen molar-refractivity contribution in [1.29, 1.82) is 0 Å². The number of carbonyl (C=O) groups excluding carboxylic acids is 3. The molecule has 0 aliphatic carbocycles. The van der Waals surface area contributed by atoms with Crippen molar-refractivity contribution in [3.05, 3.63) is 47.2 Å². The van der Waals surface area contributed by atoms with Gasteiger partial charge in [0.2, 0.25) is 17.7 Å². The van der Waals surface area contributed by atoms with Crippen LogP contribution in [0.1, 0.15) is 25.5 Å². The first-order valence-corrected chi connectivity index (χ1v) is 12.3. The number of anilines is 2. The van der Waals surface area contributed by atoms with E-state index < -0.39 is 5.82 Å². The quantitative estimate of drug-likeness (QED) is 0.588. The highest BCUT2D eigenvalue weighted by molar-refractivity contribution is 7.14. The molecule has 2 fully saturated rings. The van der Waals surface area contributed by atoms with Gasteiger partial charge in [0.05, 0.1) is 17.9 Å². The van der Waals surface area contributed by atoms with Crippen LogP contribution in [0.4, 0.5) is 15.2 Å². The highest BCUT2D eigenvalue weighted by Gasteiger charge is 2.25. The molecule has 4 rings (SSSR count). The number of thiazole rings is 1. The smallest absolute Gasteiger partial charge is 0.246 e. The highest BCUT2D eigenvalue weighted by Crippen LogP contribution is 2.31. The summed E-state index contributed by atoms with van der Waals surface area (Å²) in [6, 6.07) is 6.03. The van der Waals surface area contributed by atoms with Gasteiger partial charge in [0.15, 0.2) is 5.13 Å². The molecule has 2 aromatic rings. The van der Waals surface area contributed by atoms with Crippen LogP contribution in [0.25, 0.3) is 6.08 Å². The molecule has 0 bridgehead atoms. The van der Waals surface area contributed by atoms with Crippen molar-refractivity contribution in [3.8, 4) is 0 Å². The zero-order valence-electron chi connectivity index (χ0n) is 19.2. The summed E-state index contributed by atoms with van der Waals surface area (Å²) < 4.78 is 14.2. The van der Waals surface area contributed by atoms with Gasteiger partial charge >= 0.3 is 0 Å². The second kappa shape index (κ2) is 10.9. The van der Waals surface area contributed by atoms with E-state index in [-0.39, 0.29) is 23.4 Å². The number of likely N-dealkylation sites (tertiary alicyclic amines) is 1. The molecule has 1 aromatic heterocycles. The Labute approximate surface area is 202 Å². The van der Waals surface area contributed by atoms with Gasteiger partial charge in [-0.05, 0) is 31.1 Å². The van der Waals surface area contributed by atoms with E-state index in [1.165, 1.54) is 41.4 Å². The lowest BCUT2D eigenvalue weighted by molar-refractivity contribution is -0.132. The standard InChI is InChI=1S/C24H28FN5O3S/c1-18(31)30(21-7-3-2-6-20(21)25)24-26-19(17-34-24)8-9-22(32)29-14-12-27(13-15-29)16-23(33)28-10-4-5-11-28/h2-3,6-9,17H,4-5,10-16H2,1H3/b9-8+. The Kier molecular flexibility index (Phi) is 7.69. The molecular weight excluding hydrogens is 457 g/mol. The number of halogens is 1. The maximum Gasteiger partial charge on any atom is 0.246 e. The van der Waals surface area contributed by atoms with Crippen molar-refractivity contribution in [3.63, 3.8) is 0 Å². The molecule has 3 heterocycles. The van der Waals surface area contributed by atoms with Crippen LogP contribution in [0.2, 0.25) is 0 Å². The summed E-state index contributed by atoms with van der Waals surface area (Å²) >= 11 is 1.20. The normalized spacial score (nSPS) is 16.9. The first-order chi connectivity index (χ1) is 16.4. The van der Waals surface area contributed by atoms with Gasteiger partial charge in [-0.3, -0.25) is 24.2 Å². The Morgan fingerprint density at radius 3 is 2.44 bits per heavy atom. The average molecular weight is 486 g/mol. The SMILES string of the molecule is CC(=O)N(c1nc(/C=C/C(=O)N2CCN(CC(=O)N3CCCC3)CC2)cs1)c1ccccc1F. The molecular formula is C24H28FN5O3S. The van der Waals surface area contributed by atoms with E-state index in [0.717, 1.165) is 25.9 Å². The van der Waals surface area contributed by atoms with E-state index in [0.29, 0.717) is 43.5 Å². The fraction of sp³-hybridized carbons (Fsp3) is 0.417. The maximum absolute atomic E-state index is 14.2. The third-order valence-electron chi connectivity index (χ3n) is 6.01. The van der Waals surface area contributed by atoms with Crippen molar-refractivity contribution >= 4 is 46.0 Å². The molecule has 2 aliphatic heterocycles. The molecule has 3 amide bonds. The summed E-state index contributed by atoms with van der Waals surface area (Å²) in [5, 5.41) is 2.05. The van der Waals surface area contributed by atoms with Crippen molar-refractivity contribution in [2.24, 2.45) is 0 Å². The Hall–Kier alpha value is -3.11. The lowest BCUT2D eigenvalue weighted by atomic mass is 10.3. The molecule has 0 saturated carbocycles. The summed E-state index contributed by atoms with van der Waals surface area (Å²) in [6.45, 7) is 5.91. The van der Waals surface area contributed by atoms with Gasteiger partial charge < -0.3 is 9.80 Å². The van der Waals surface area contributed by atoms with Crippen LogP contribution >= 0.6 is 11.3 Å². The van der Waals surface area contributed by atoms with Gasteiger partial charge in [0.25, 0.3) is 0 Å². The summed E-state index contributed by atoms with van der Waals surface area (Å²) in [7, 11) is 0. The zero-order chi connectivity index (χ0) is 24.1. The summed E-state index contributed by atoms with van der Waals surface area (Å²) in [5.74, 6) is -0.822. The first-order valence-electron chi connectivity index (χ1n) is 11.4. The van der Waals surface area contributed by atoms with Crippen LogP contribution in [-0.2, 0) is 14.4 Å². The zero-order valence-corrected chi connectivity index (χ0v) is 20.0. The van der Waals surface area contributed by atoms with Crippen LogP contribution in [0, 0.1) is 5.82 Å². The number of hydrogen-bond donors (Lipinski definition) is 0. The van der Waals surface area contributed by atoms with Crippen LogP contribution in [0.15, 0.2) is 35.7 Å². The minimum atomic E-state index is -0.513. The van der Waals surface area contributed by atoms with Crippen LogP contribution in [0.3, 0.4) is 0 Å². The van der Waals surface area contributed by atoms with Crippen molar-refractivity contribution in [1.82, 2.24) is 19.7 Å². The van der Waals surface area contributed by atoms with Crippen LogP contribution in [0.5, 0.6) is 0 Å². The lowest BCUT2D eigenvalue weighted by Gasteiger charge is -2.34. The van der Waals surface area contributed by atoms with Gasteiger partial charge in [-0.2, -0.15) is 0 Å². The van der Waals surface area contributed by atoms with Crippen LogP contribution in [-0.4, -0.2) is 83.2 Å². The summed E-state index contributed by atoms with van der Waals surface area (Å²) in [4.78, 5) is 48.5. The van der Waals surface area contributed by atoms with Gasteiger partial charge in [-0.25, -0.2) is 9.37 Å². The van der Waals surface area contributed by atoms with E-state index in [1.807, 2.05) is 4.90 Å². The fourth-order valence-corrected chi connectivity index (χ4v) is 4.99. The first kappa shape index (κ1) is 24.0. The summed E-state index contributed by atoms with van der Waals surface area (Å²) in [6.07, 6.45) is 5.23. The molecule has 10 heteroatoms. The van der Waals surface area contributed by atoms with Gasteiger partial charge in [0.1, 0.15) is 5.82 Å². The molecule has 0 unspecified atom stereocenters. The number of para-hydroxylation sites is 1. The molecule has 34 heavy (non-hydrogen) atoms. The molecule has 8 nitrogen and oxygen atoms in total. The number of piperazine rings is 1. The van der Waals surface area contributed by atoms with Crippen LogP contribution < -0.4 is 4.90 Å². The van der Waals surface area contributed by atoms with Crippen molar-refractivity contribution in [2.75, 3.05) is 50.7 Å². The number of nitrogens with zero attached hydrogens (tertiary/aromatic N) is 5. The third-order valence-corrected chi connectivity index (χ3v) is 6.85. The number of rotatable bonds is 6. The Morgan fingerprint density at radius 2 is 1.76 bits per heavy atom. The predicted octanol–water partition coefficient (Wildman–Crippen LogP) is 2.75. The summed E-state index contributed by atoms with van der Waals surface area (Å²) in [5.41, 5.74) is 0.655. The topological polar surface area (TPSA) is 77.1 Å². The third kappa shape index (κ3) is 5.68. The molecule has 2 saturated heterocycles. The Balaban J connectivity index is 1.32.